The highest BCUT2D eigenvalue weighted by Crippen LogP contribution is 2.48. The van der Waals surface area contributed by atoms with E-state index in [9.17, 15) is 9.59 Å². The molecule has 1 aliphatic heterocycles. The second-order valence-electron chi connectivity index (χ2n) is 9.60. The maximum atomic E-state index is 13.5. The van der Waals surface area contributed by atoms with Gasteiger partial charge >= 0.3 is 0 Å². The first kappa shape index (κ1) is 25.5. The normalized spacial score (nSPS) is 16.2. The lowest BCUT2D eigenvalue weighted by Crippen LogP contribution is -2.43. The van der Waals surface area contributed by atoms with Crippen molar-refractivity contribution in [3.63, 3.8) is 0 Å². The van der Waals surface area contributed by atoms with Gasteiger partial charge in [-0.15, -0.1) is 11.8 Å². The molecule has 3 aromatic rings. The second-order valence-corrected chi connectivity index (χ2v) is 11.5. The third-order valence-electron chi connectivity index (χ3n) is 5.92. The Morgan fingerprint density at radius 2 is 2.03 bits per heavy atom. The van der Waals surface area contributed by atoms with Gasteiger partial charge in [-0.25, -0.2) is 4.68 Å². The van der Waals surface area contributed by atoms with Crippen LogP contribution in [0.2, 0.25) is 0 Å². The Morgan fingerprint density at radius 1 is 1.26 bits per heavy atom. The van der Waals surface area contributed by atoms with E-state index >= 15 is 0 Å². The largest absolute Gasteiger partial charge is 0.383 e. The molecule has 0 radical (unpaired) electrons. The third kappa shape index (κ3) is 5.32. The van der Waals surface area contributed by atoms with E-state index in [4.69, 9.17) is 9.84 Å². The van der Waals surface area contributed by atoms with E-state index in [1.165, 1.54) is 0 Å². The number of amides is 2. The molecule has 1 atom stereocenters. The Bertz CT molecular complexity index is 1200. The number of hydrogen-bond acceptors (Lipinski definition) is 6. The van der Waals surface area contributed by atoms with Gasteiger partial charge in [-0.05, 0) is 40.9 Å². The third-order valence-corrected chi connectivity index (χ3v) is 7.88. The Morgan fingerprint density at radius 3 is 2.69 bits per heavy atom. The number of ether oxygens (including phenoxy) is 1. The molecular weight excluding hydrogens is 480 g/mol. The van der Waals surface area contributed by atoms with Crippen LogP contribution in [0.4, 0.5) is 5.82 Å². The molecule has 1 N–H and O–H groups in total. The Hall–Kier alpha value is -2.62. The number of nitrogens with one attached hydrogen (secondary N) is 1. The lowest BCUT2D eigenvalue weighted by atomic mass is 9.87. The van der Waals surface area contributed by atoms with E-state index in [2.05, 4.69) is 42.9 Å². The van der Waals surface area contributed by atoms with E-state index in [0.717, 1.165) is 28.1 Å². The standard InChI is InChI=1S/C26H32N4O3S2/c1-17-8-6-7-9-19(17)30-25-22(24(28-30)26(2,3)4)23(18-10-13-34-15-18)35-16-21(32)29(25)14-20(31)27-11-12-33-5/h6-10,13,15,23H,11-12,14,16H2,1-5H3,(H,27,31)/t23-/m1/s1. The second kappa shape index (κ2) is 10.6. The van der Waals surface area contributed by atoms with Crippen molar-refractivity contribution in [1.82, 2.24) is 15.1 Å². The number of aromatic nitrogens is 2. The highest BCUT2D eigenvalue weighted by atomic mass is 32.2. The Balaban J connectivity index is 1.94. The summed E-state index contributed by atoms with van der Waals surface area (Å²) in [7, 11) is 1.59. The molecule has 0 unspecified atom stereocenters. The van der Waals surface area contributed by atoms with Gasteiger partial charge in [0.15, 0.2) is 0 Å². The lowest BCUT2D eigenvalue weighted by molar-refractivity contribution is -0.123. The summed E-state index contributed by atoms with van der Waals surface area (Å²) in [5, 5.41) is 12.1. The molecule has 9 heteroatoms. The molecule has 1 aromatic carbocycles. The average molecular weight is 513 g/mol. The van der Waals surface area contributed by atoms with Crippen molar-refractivity contribution in [2.24, 2.45) is 0 Å². The van der Waals surface area contributed by atoms with Gasteiger partial charge in [-0.2, -0.15) is 16.4 Å². The number of rotatable bonds is 7. The number of nitrogens with zero attached hydrogens (tertiary/aromatic N) is 3. The number of hydrogen-bond donors (Lipinski definition) is 1. The minimum atomic E-state index is -0.271. The van der Waals surface area contributed by atoms with Gasteiger partial charge in [-0.3, -0.25) is 14.5 Å². The lowest BCUT2D eigenvalue weighted by Gasteiger charge is -2.24. The van der Waals surface area contributed by atoms with Gasteiger partial charge in [0.25, 0.3) is 0 Å². The maximum Gasteiger partial charge on any atom is 0.240 e. The van der Waals surface area contributed by atoms with E-state index in [0.29, 0.717) is 19.0 Å². The molecule has 0 fully saturated rings. The smallest absolute Gasteiger partial charge is 0.240 e. The average Bonchev–Trinajstić information content (AvgIpc) is 3.44. The molecule has 3 heterocycles. The molecule has 2 aromatic heterocycles. The maximum absolute atomic E-state index is 13.5. The zero-order valence-electron chi connectivity index (χ0n) is 20.8. The van der Waals surface area contributed by atoms with Crippen LogP contribution in [0, 0.1) is 6.92 Å². The summed E-state index contributed by atoms with van der Waals surface area (Å²) in [6.45, 7) is 9.18. The van der Waals surface area contributed by atoms with Crippen molar-refractivity contribution in [2.45, 2.75) is 38.4 Å². The van der Waals surface area contributed by atoms with E-state index in [-0.39, 0.29) is 34.8 Å². The van der Waals surface area contributed by atoms with Crippen molar-refractivity contribution in [3.05, 3.63) is 63.5 Å². The zero-order valence-corrected chi connectivity index (χ0v) is 22.5. The molecule has 0 bridgehead atoms. The number of thiophene rings is 1. The molecule has 0 spiro atoms. The van der Waals surface area contributed by atoms with E-state index in [1.54, 1.807) is 35.1 Å². The van der Waals surface area contributed by atoms with Crippen LogP contribution in [-0.2, 0) is 19.7 Å². The number of aryl methyl sites for hydroxylation is 1. The molecule has 0 saturated carbocycles. The van der Waals surface area contributed by atoms with Crippen LogP contribution in [0.3, 0.4) is 0 Å². The van der Waals surface area contributed by atoms with Crippen LogP contribution < -0.4 is 10.2 Å². The highest BCUT2D eigenvalue weighted by molar-refractivity contribution is 8.00. The summed E-state index contributed by atoms with van der Waals surface area (Å²) in [4.78, 5) is 28.1. The van der Waals surface area contributed by atoms with Crippen molar-refractivity contribution < 1.29 is 14.3 Å². The van der Waals surface area contributed by atoms with E-state index < -0.39 is 0 Å². The van der Waals surface area contributed by atoms with Crippen molar-refractivity contribution in [3.8, 4) is 5.69 Å². The van der Waals surface area contributed by atoms with Crippen LogP contribution in [0.15, 0.2) is 41.1 Å². The number of benzene rings is 1. The van der Waals surface area contributed by atoms with Crippen LogP contribution in [0.25, 0.3) is 5.69 Å². The topological polar surface area (TPSA) is 76.5 Å². The first-order valence-electron chi connectivity index (χ1n) is 11.6. The number of carbonyl (C=O) groups excluding carboxylic acids is 2. The molecule has 1 aliphatic rings. The predicted molar refractivity (Wildman–Crippen MR) is 143 cm³/mol. The highest BCUT2D eigenvalue weighted by Gasteiger charge is 2.40. The SMILES string of the molecule is COCCNC(=O)CN1C(=O)CS[C@H](c2ccsc2)c2c(C(C)(C)C)nn(-c3ccccc3C)c21. The fraction of sp³-hybridized carbons (Fsp3) is 0.423. The molecular formula is C26H32N4O3S2. The summed E-state index contributed by atoms with van der Waals surface area (Å²) < 4.78 is 6.93. The minimum absolute atomic E-state index is 0.0613. The van der Waals surface area contributed by atoms with Gasteiger partial charge < -0.3 is 10.1 Å². The van der Waals surface area contributed by atoms with Crippen LogP contribution >= 0.6 is 23.1 Å². The molecule has 7 nitrogen and oxygen atoms in total. The fourth-order valence-electron chi connectivity index (χ4n) is 4.22. The van der Waals surface area contributed by atoms with Gasteiger partial charge in [0.05, 0.1) is 29.0 Å². The quantitative estimate of drug-likeness (QED) is 0.473. The van der Waals surface area contributed by atoms with Crippen LogP contribution in [0.5, 0.6) is 0 Å². The van der Waals surface area contributed by atoms with Crippen LogP contribution in [0.1, 0.15) is 48.4 Å². The molecule has 0 aliphatic carbocycles. The fourth-order valence-corrected chi connectivity index (χ4v) is 6.18. The molecule has 2 amide bonds. The summed E-state index contributed by atoms with van der Waals surface area (Å²) in [5.74, 6) is 0.622. The summed E-state index contributed by atoms with van der Waals surface area (Å²) in [6.07, 6.45) is 0. The monoisotopic (exact) mass is 512 g/mol. The first-order chi connectivity index (χ1) is 16.7. The number of thioether (sulfide) groups is 1. The van der Waals surface area contributed by atoms with Crippen molar-refractivity contribution in [1.29, 1.82) is 0 Å². The number of fused-ring (bicyclic) bond motifs is 1. The number of para-hydroxylation sites is 1. The van der Waals surface area contributed by atoms with Gasteiger partial charge in [0, 0.05) is 24.6 Å². The summed E-state index contributed by atoms with van der Waals surface area (Å²) >= 11 is 3.24. The van der Waals surface area contributed by atoms with Gasteiger partial charge in [-0.1, -0.05) is 39.0 Å². The number of methoxy groups -OCH3 is 1. The number of anilines is 1. The molecule has 35 heavy (non-hydrogen) atoms. The van der Waals surface area contributed by atoms with Gasteiger partial charge in [0.2, 0.25) is 11.8 Å². The Kier molecular flexibility index (Phi) is 7.68. The molecule has 186 valence electrons. The summed E-state index contributed by atoms with van der Waals surface area (Å²) in [5.41, 5.74) is 4.74. The first-order valence-corrected chi connectivity index (χ1v) is 13.6. The summed E-state index contributed by atoms with van der Waals surface area (Å²) in [6, 6.07) is 10.1. The minimum Gasteiger partial charge on any atom is -0.383 e. The predicted octanol–water partition coefficient (Wildman–Crippen LogP) is 4.47. The Labute approximate surface area is 214 Å². The van der Waals surface area contributed by atoms with Crippen molar-refractivity contribution in [2.75, 3.05) is 37.5 Å². The molecule has 4 rings (SSSR count). The van der Waals surface area contributed by atoms with Gasteiger partial charge in [0.1, 0.15) is 12.4 Å². The van der Waals surface area contributed by atoms with E-state index in [1.807, 2.05) is 35.9 Å². The zero-order chi connectivity index (χ0) is 25.2. The van der Waals surface area contributed by atoms with Crippen LogP contribution in [-0.4, -0.2) is 54.2 Å². The number of carbonyl (C=O) groups is 2. The molecule has 0 saturated heterocycles. The van der Waals surface area contributed by atoms with Crippen molar-refractivity contribution >= 4 is 40.7 Å².